The first-order valence-corrected chi connectivity index (χ1v) is 8.52. The van der Waals surface area contributed by atoms with Gasteiger partial charge in [-0.15, -0.1) is 0 Å². The van der Waals surface area contributed by atoms with Crippen molar-refractivity contribution < 1.29 is 22.6 Å². The summed E-state index contributed by atoms with van der Waals surface area (Å²) < 4.78 is 52.6. The molecule has 0 spiro atoms. The van der Waals surface area contributed by atoms with Crippen LogP contribution in [-0.2, 0) is 9.47 Å². The van der Waals surface area contributed by atoms with Crippen molar-refractivity contribution in [1.82, 2.24) is 14.5 Å². The number of nitrogens with zero attached hydrogens (tertiary/aromatic N) is 3. The zero-order chi connectivity index (χ0) is 18.2. The highest BCUT2D eigenvalue weighted by Crippen LogP contribution is 2.36. The second-order valence-electron chi connectivity index (χ2n) is 6.13. The second-order valence-corrected chi connectivity index (χ2v) is 6.52. The lowest BCUT2D eigenvalue weighted by Crippen LogP contribution is -2.28. The highest BCUT2D eigenvalue weighted by atomic mass is 35.5. The van der Waals surface area contributed by atoms with Gasteiger partial charge in [0, 0.05) is 12.7 Å². The molecule has 0 amide bonds. The highest BCUT2D eigenvalue weighted by molar-refractivity contribution is 6.29. The van der Waals surface area contributed by atoms with Gasteiger partial charge in [-0.05, 0) is 33.1 Å². The predicted molar refractivity (Wildman–Crippen MR) is 86.4 cm³/mol. The van der Waals surface area contributed by atoms with Crippen LogP contribution < -0.4 is 0 Å². The summed E-state index contributed by atoms with van der Waals surface area (Å²) in [5, 5.41) is 0.110. The topological polar surface area (TPSA) is 49.2 Å². The van der Waals surface area contributed by atoms with Crippen molar-refractivity contribution >= 4 is 22.6 Å². The number of halogens is 4. The fourth-order valence-corrected chi connectivity index (χ4v) is 3.09. The molecule has 0 aliphatic carbocycles. The molecule has 9 heteroatoms. The summed E-state index contributed by atoms with van der Waals surface area (Å²) in [6, 6.07) is -0.385. The van der Waals surface area contributed by atoms with Gasteiger partial charge in [0.05, 0.1) is 11.7 Å². The van der Waals surface area contributed by atoms with Crippen LogP contribution in [0, 0.1) is 0 Å². The van der Waals surface area contributed by atoms with E-state index >= 15 is 0 Å². The molecule has 3 heterocycles. The molecule has 5 nitrogen and oxygen atoms in total. The highest BCUT2D eigenvalue weighted by Gasteiger charge is 2.40. The fourth-order valence-electron chi connectivity index (χ4n) is 2.94. The molecule has 1 aliphatic rings. The van der Waals surface area contributed by atoms with Crippen LogP contribution in [-0.4, -0.2) is 33.6 Å². The van der Waals surface area contributed by atoms with E-state index in [4.69, 9.17) is 21.1 Å². The van der Waals surface area contributed by atoms with Crippen LogP contribution in [0.15, 0.2) is 12.3 Å². The minimum atomic E-state index is -4.43. The Bertz CT molecular complexity index is 744. The number of imidazole rings is 1. The van der Waals surface area contributed by atoms with E-state index in [1.54, 1.807) is 6.92 Å². The second kappa shape index (κ2) is 7.09. The quantitative estimate of drug-likeness (QED) is 0.717. The molecule has 0 aromatic carbocycles. The molecule has 0 bridgehead atoms. The van der Waals surface area contributed by atoms with Crippen molar-refractivity contribution in [2.24, 2.45) is 0 Å². The van der Waals surface area contributed by atoms with E-state index in [-0.39, 0.29) is 16.5 Å². The van der Waals surface area contributed by atoms with Crippen LogP contribution >= 0.6 is 11.6 Å². The van der Waals surface area contributed by atoms with E-state index in [0.717, 1.165) is 24.3 Å². The van der Waals surface area contributed by atoms with Crippen molar-refractivity contribution in [2.75, 3.05) is 6.61 Å². The van der Waals surface area contributed by atoms with Crippen LogP contribution in [0.1, 0.15) is 51.1 Å². The zero-order valence-corrected chi connectivity index (χ0v) is 14.6. The van der Waals surface area contributed by atoms with Gasteiger partial charge in [0.1, 0.15) is 28.6 Å². The van der Waals surface area contributed by atoms with Gasteiger partial charge in [-0.3, -0.25) is 0 Å². The summed E-state index contributed by atoms with van der Waals surface area (Å²) in [6.45, 7) is 3.35. The Labute approximate surface area is 148 Å². The van der Waals surface area contributed by atoms with Crippen molar-refractivity contribution in [3.8, 4) is 0 Å². The first-order chi connectivity index (χ1) is 11.8. The molecule has 2 aromatic heterocycles. The normalized spacial score (nSPS) is 21.4. The smallest absolute Gasteiger partial charge is 0.353 e. The van der Waals surface area contributed by atoms with E-state index in [9.17, 15) is 13.2 Å². The van der Waals surface area contributed by atoms with Crippen LogP contribution in [0.2, 0.25) is 5.15 Å². The maximum absolute atomic E-state index is 13.4. The Morgan fingerprint density at radius 3 is 2.76 bits per heavy atom. The molecule has 0 radical (unpaired) electrons. The molecule has 1 aliphatic heterocycles. The molecule has 1 unspecified atom stereocenters. The number of ether oxygens (including phenoxy) is 2. The average molecular weight is 378 g/mol. The molecular formula is C16H19ClF3N3O2. The van der Waals surface area contributed by atoms with Gasteiger partial charge < -0.3 is 14.0 Å². The van der Waals surface area contributed by atoms with E-state index in [2.05, 4.69) is 9.97 Å². The molecule has 2 aromatic rings. The third-order valence-corrected chi connectivity index (χ3v) is 4.49. The summed E-state index contributed by atoms with van der Waals surface area (Å²) >= 11 is 5.87. The van der Waals surface area contributed by atoms with Crippen molar-refractivity contribution in [3.63, 3.8) is 0 Å². The molecule has 3 rings (SSSR count). The Kier molecular flexibility index (Phi) is 5.22. The van der Waals surface area contributed by atoms with E-state index < -0.39 is 24.6 Å². The standard InChI is InChI=1S/C16H19ClF3N3O2/c1-9(25-14-5-3-4-6-24-14)15-22-11-8-21-13(17)7-12(11)23(15)10(2)16(18,19)20/h7-10,14H,3-6H2,1-2H3/t9?,10-,14-/m0/s1. The summed E-state index contributed by atoms with van der Waals surface area (Å²) in [4.78, 5) is 8.22. The third-order valence-electron chi connectivity index (χ3n) is 4.29. The minimum absolute atomic E-state index is 0.110. The lowest BCUT2D eigenvalue weighted by Gasteiger charge is -2.27. The van der Waals surface area contributed by atoms with Gasteiger partial charge >= 0.3 is 6.18 Å². The van der Waals surface area contributed by atoms with Gasteiger partial charge in [-0.2, -0.15) is 13.2 Å². The number of fused-ring (bicyclic) bond motifs is 1. The fraction of sp³-hybridized carbons (Fsp3) is 0.625. The lowest BCUT2D eigenvalue weighted by molar-refractivity contribution is -0.190. The molecular weight excluding hydrogens is 359 g/mol. The van der Waals surface area contributed by atoms with Crippen LogP contribution in [0.3, 0.4) is 0 Å². The lowest BCUT2D eigenvalue weighted by atomic mass is 10.2. The molecule has 1 fully saturated rings. The number of pyridine rings is 1. The van der Waals surface area contributed by atoms with E-state index in [0.29, 0.717) is 18.5 Å². The maximum Gasteiger partial charge on any atom is 0.408 e. The summed E-state index contributed by atoms with van der Waals surface area (Å²) in [6.07, 6.45) is -1.52. The molecule has 138 valence electrons. The van der Waals surface area contributed by atoms with Crippen molar-refractivity contribution in [3.05, 3.63) is 23.2 Å². The molecule has 0 saturated carbocycles. The molecule has 25 heavy (non-hydrogen) atoms. The number of aromatic nitrogens is 3. The van der Waals surface area contributed by atoms with Crippen LogP contribution in [0.5, 0.6) is 0 Å². The van der Waals surface area contributed by atoms with E-state index in [1.165, 1.54) is 12.3 Å². The van der Waals surface area contributed by atoms with Crippen molar-refractivity contribution in [1.29, 1.82) is 0 Å². The van der Waals surface area contributed by atoms with E-state index in [1.807, 2.05) is 0 Å². The van der Waals surface area contributed by atoms with Gasteiger partial charge in [-0.25, -0.2) is 9.97 Å². The SMILES string of the molecule is CC(O[C@H]1CCCCO1)c1nc2cnc(Cl)cc2n1[C@@H](C)C(F)(F)F. The zero-order valence-electron chi connectivity index (χ0n) is 13.9. The van der Waals surface area contributed by atoms with Crippen molar-refractivity contribution in [2.45, 2.75) is 57.7 Å². The van der Waals surface area contributed by atoms with Gasteiger partial charge in [0.15, 0.2) is 6.29 Å². The Balaban J connectivity index is 2.00. The first kappa shape index (κ1) is 18.4. The Morgan fingerprint density at radius 1 is 1.36 bits per heavy atom. The van der Waals surface area contributed by atoms with Crippen LogP contribution in [0.4, 0.5) is 13.2 Å². The molecule has 3 atom stereocenters. The van der Waals surface area contributed by atoms with Gasteiger partial charge in [0.25, 0.3) is 0 Å². The Hall–Kier alpha value is -1.38. The number of rotatable bonds is 4. The molecule has 0 N–H and O–H groups in total. The number of alkyl halides is 3. The summed E-state index contributed by atoms with van der Waals surface area (Å²) in [5.41, 5.74) is 0.621. The minimum Gasteiger partial charge on any atom is -0.353 e. The number of hydrogen-bond acceptors (Lipinski definition) is 4. The summed E-state index contributed by atoms with van der Waals surface area (Å²) in [5.74, 6) is 0.179. The maximum atomic E-state index is 13.4. The Morgan fingerprint density at radius 2 is 2.12 bits per heavy atom. The molecule has 1 saturated heterocycles. The van der Waals surface area contributed by atoms with Crippen LogP contribution in [0.25, 0.3) is 11.0 Å². The third kappa shape index (κ3) is 3.91. The largest absolute Gasteiger partial charge is 0.408 e. The predicted octanol–water partition coefficient (Wildman–Crippen LogP) is 4.81. The van der Waals surface area contributed by atoms with Gasteiger partial charge in [-0.1, -0.05) is 11.6 Å². The monoisotopic (exact) mass is 377 g/mol. The summed E-state index contributed by atoms with van der Waals surface area (Å²) in [7, 11) is 0. The average Bonchev–Trinajstić information content (AvgIpc) is 2.92. The van der Waals surface area contributed by atoms with Gasteiger partial charge in [0.2, 0.25) is 0 Å². The first-order valence-electron chi connectivity index (χ1n) is 8.14. The number of hydrogen-bond donors (Lipinski definition) is 0.